The smallest absolute Gasteiger partial charge is 0.224 e. The minimum atomic E-state index is 0.0531. The van der Waals surface area contributed by atoms with E-state index in [1.54, 1.807) is 23.7 Å². The van der Waals surface area contributed by atoms with Gasteiger partial charge in [0.05, 0.1) is 17.6 Å². The van der Waals surface area contributed by atoms with Gasteiger partial charge < -0.3 is 11.1 Å². The number of aromatic amines is 1. The monoisotopic (exact) mass is 261 g/mol. The van der Waals surface area contributed by atoms with Crippen LogP contribution in [0.15, 0.2) is 17.8 Å². The number of nitrogen functional groups attached to an aromatic ring is 1. The van der Waals surface area contributed by atoms with E-state index >= 15 is 0 Å². The maximum absolute atomic E-state index is 5.66. The molecule has 1 unspecified atom stereocenters. The third-order valence-electron chi connectivity index (χ3n) is 2.50. The van der Waals surface area contributed by atoms with Crippen LogP contribution in [0.3, 0.4) is 0 Å². The molecule has 0 amide bonds. The lowest BCUT2D eigenvalue weighted by Crippen LogP contribution is -2.09. The number of rotatable bonds is 3. The molecule has 3 heterocycles. The van der Waals surface area contributed by atoms with Gasteiger partial charge in [0.25, 0.3) is 0 Å². The highest BCUT2D eigenvalue weighted by atomic mass is 32.1. The summed E-state index contributed by atoms with van der Waals surface area (Å²) in [6, 6.07) is 0.0531. The normalized spacial score (nSPS) is 12.7. The first-order valence-electron chi connectivity index (χ1n) is 5.36. The first-order chi connectivity index (χ1) is 8.74. The number of thiazole rings is 1. The summed E-state index contributed by atoms with van der Waals surface area (Å²) < 4.78 is 0. The van der Waals surface area contributed by atoms with E-state index in [1.165, 1.54) is 0 Å². The maximum Gasteiger partial charge on any atom is 0.224 e. The number of nitrogens with two attached hydrogens (primary N) is 1. The van der Waals surface area contributed by atoms with Crippen molar-refractivity contribution in [3.05, 3.63) is 22.8 Å². The van der Waals surface area contributed by atoms with Crippen molar-refractivity contribution in [2.45, 2.75) is 13.0 Å². The molecule has 0 spiro atoms. The van der Waals surface area contributed by atoms with Crippen molar-refractivity contribution in [1.82, 2.24) is 25.1 Å². The molecule has 3 aromatic heterocycles. The number of fused-ring (bicyclic) bond motifs is 1. The van der Waals surface area contributed by atoms with Gasteiger partial charge in [-0.1, -0.05) is 0 Å². The van der Waals surface area contributed by atoms with Gasteiger partial charge in [0, 0.05) is 11.6 Å². The molecule has 0 saturated heterocycles. The van der Waals surface area contributed by atoms with Gasteiger partial charge in [-0.25, -0.2) is 4.98 Å². The fraction of sp³-hybridized carbons (Fsp3) is 0.200. The summed E-state index contributed by atoms with van der Waals surface area (Å²) in [5.41, 5.74) is 6.28. The van der Waals surface area contributed by atoms with E-state index in [2.05, 4.69) is 30.5 Å². The van der Waals surface area contributed by atoms with Gasteiger partial charge in [-0.3, -0.25) is 5.10 Å². The highest BCUT2D eigenvalue weighted by molar-refractivity contribution is 7.09. The Morgan fingerprint density at radius 1 is 1.44 bits per heavy atom. The molecule has 1 atom stereocenters. The number of nitrogens with zero attached hydrogens (tertiary/aromatic N) is 4. The predicted molar refractivity (Wildman–Crippen MR) is 70.2 cm³/mol. The summed E-state index contributed by atoms with van der Waals surface area (Å²) in [6.07, 6.45) is 3.45. The summed E-state index contributed by atoms with van der Waals surface area (Å²) in [4.78, 5) is 12.5. The third kappa shape index (κ3) is 1.86. The van der Waals surface area contributed by atoms with Gasteiger partial charge >= 0.3 is 0 Å². The molecule has 0 radical (unpaired) electrons. The number of H-pyrrole nitrogens is 1. The molecule has 0 aliphatic heterocycles. The minimum absolute atomic E-state index is 0.0531. The van der Waals surface area contributed by atoms with E-state index in [1.807, 2.05) is 12.3 Å². The standard InChI is InChI=1S/C10H11N7S/c1-5(9-12-2-3-18-9)14-7-6-4-13-17-8(6)16-10(11)15-7/h2-5H,1H3,(H4,11,13,14,15,16,17). The summed E-state index contributed by atoms with van der Waals surface area (Å²) in [7, 11) is 0. The molecule has 0 aromatic carbocycles. The van der Waals surface area contributed by atoms with Crippen LogP contribution in [0.4, 0.5) is 11.8 Å². The highest BCUT2D eigenvalue weighted by Crippen LogP contribution is 2.24. The SMILES string of the molecule is CC(Nc1nc(N)nc2[nH]ncc12)c1nccs1. The Kier molecular flexibility index (Phi) is 2.56. The Bertz CT molecular complexity index is 660. The predicted octanol–water partition coefficient (Wildman–Crippen LogP) is 1.56. The Balaban J connectivity index is 1.97. The summed E-state index contributed by atoms with van der Waals surface area (Å²) in [5, 5.41) is 13.7. The quantitative estimate of drug-likeness (QED) is 0.660. The number of aromatic nitrogens is 5. The lowest BCUT2D eigenvalue weighted by atomic mass is 10.3. The van der Waals surface area contributed by atoms with Gasteiger partial charge in [-0.05, 0) is 6.92 Å². The van der Waals surface area contributed by atoms with Crippen molar-refractivity contribution < 1.29 is 0 Å². The molecule has 3 aromatic rings. The highest BCUT2D eigenvalue weighted by Gasteiger charge is 2.13. The summed E-state index contributed by atoms with van der Waals surface area (Å²) in [5.74, 6) is 0.870. The fourth-order valence-corrected chi connectivity index (χ4v) is 2.32. The number of hydrogen-bond donors (Lipinski definition) is 3. The van der Waals surface area contributed by atoms with Gasteiger partial charge in [0.15, 0.2) is 5.65 Å². The molecule has 0 bridgehead atoms. The molecule has 0 fully saturated rings. The molecule has 18 heavy (non-hydrogen) atoms. The summed E-state index contributed by atoms with van der Waals surface area (Å²) in [6.45, 7) is 2.02. The Labute approximate surface area is 106 Å². The van der Waals surface area contributed by atoms with Crippen LogP contribution in [0.1, 0.15) is 18.0 Å². The second kappa shape index (κ2) is 4.22. The maximum atomic E-state index is 5.66. The van der Waals surface area contributed by atoms with Crippen molar-refractivity contribution in [2.75, 3.05) is 11.1 Å². The fourth-order valence-electron chi connectivity index (χ4n) is 1.68. The van der Waals surface area contributed by atoms with Crippen LogP contribution in [-0.2, 0) is 0 Å². The van der Waals surface area contributed by atoms with Gasteiger partial charge in [0.1, 0.15) is 10.8 Å². The Morgan fingerprint density at radius 2 is 2.33 bits per heavy atom. The van der Waals surface area contributed by atoms with Crippen molar-refractivity contribution in [3.63, 3.8) is 0 Å². The van der Waals surface area contributed by atoms with Gasteiger partial charge in [0.2, 0.25) is 5.95 Å². The Morgan fingerprint density at radius 3 is 3.11 bits per heavy atom. The molecule has 7 nitrogen and oxygen atoms in total. The van der Waals surface area contributed by atoms with E-state index in [-0.39, 0.29) is 12.0 Å². The molecule has 8 heteroatoms. The number of nitrogens with one attached hydrogen (secondary N) is 2. The minimum Gasteiger partial charge on any atom is -0.368 e. The molecule has 0 aliphatic rings. The second-order valence-electron chi connectivity index (χ2n) is 3.80. The largest absolute Gasteiger partial charge is 0.368 e. The number of hydrogen-bond acceptors (Lipinski definition) is 7. The van der Waals surface area contributed by atoms with Crippen LogP contribution in [-0.4, -0.2) is 25.1 Å². The third-order valence-corrected chi connectivity index (χ3v) is 3.46. The molecule has 92 valence electrons. The second-order valence-corrected chi connectivity index (χ2v) is 4.73. The molecule has 0 aliphatic carbocycles. The molecule has 4 N–H and O–H groups in total. The van der Waals surface area contributed by atoms with Gasteiger partial charge in [-0.15, -0.1) is 11.3 Å². The van der Waals surface area contributed by atoms with Crippen LogP contribution >= 0.6 is 11.3 Å². The number of anilines is 2. The van der Waals surface area contributed by atoms with E-state index in [0.717, 1.165) is 10.4 Å². The van der Waals surface area contributed by atoms with Crippen LogP contribution in [0, 0.1) is 0 Å². The first kappa shape index (κ1) is 10.9. The molecular formula is C10H11N7S. The molecular weight excluding hydrogens is 250 g/mol. The lowest BCUT2D eigenvalue weighted by molar-refractivity contribution is 0.863. The molecule has 3 rings (SSSR count). The zero-order valence-corrected chi connectivity index (χ0v) is 10.4. The topological polar surface area (TPSA) is 105 Å². The van der Waals surface area contributed by atoms with Crippen molar-refractivity contribution in [1.29, 1.82) is 0 Å². The van der Waals surface area contributed by atoms with E-state index < -0.39 is 0 Å². The van der Waals surface area contributed by atoms with Crippen molar-refractivity contribution in [2.24, 2.45) is 0 Å². The zero-order valence-electron chi connectivity index (χ0n) is 9.58. The van der Waals surface area contributed by atoms with Crippen LogP contribution in [0.5, 0.6) is 0 Å². The van der Waals surface area contributed by atoms with E-state index in [9.17, 15) is 0 Å². The average molecular weight is 261 g/mol. The first-order valence-corrected chi connectivity index (χ1v) is 6.24. The lowest BCUT2D eigenvalue weighted by Gasteiger charge is -2.12. The van der Waals surface area contributed by atoms with Crippen molar-refractivity contribution >= 4 is 34.1 Å². The van der Waals surface area contributed by atoms with Crippen LogP contribution < -0.4 is 11.1 Å². The van der Waals surface area contributed by atoms with Crippen LogP contribution in [0.25, 0.3) is 11.0 Å². The van der Waals surface area contributed by atoms with Crippen LogP contribution in [0.2, 0.25) is 0 Å². The van der Waals surface area contributed by atoms with Crippen molar-refractivity contribution in [3.8, 4) is 0 Å². The van der Waals surface area contributed by atoms with Gasteiger partial charge in [-0.2, -0.15) is 15.1 Å². The average Bonchev–Trinajstić information content (AvgIpc) is 2.98. The summed E-state index contributed by atoms with van der Waals surface area (Å²) >= 11 is 1.59. The van der Waals surface area contributed by atoms with E-state index in [4.69, 9.17) is 5.73 Å². The molecule has 0 saturated carbocycles. The van der Waals surface area contributed by atoms with E-state index in [0.29, 0.717) is 11.5 Å². The zero-order chi connectivity index (χ0) is 12.5. The Hall–Kier alpha value is -2.22.